The maximum atomic E-state index is 11.4. The average Bonchev–Trinajstić information content (AvgIpc) is 2.87. The first-order chi connectivity index (χ1) is 9.19. The van der Waals surface area contributed by atoms with Gasteiger partial charge in [-0.25, -0.2) is 5.84 Å². The van der Waals surface area contributed by atoms with Crippen molar-refractivity contribution in [2.75, 3.05) is 20.2 Å². The van der Waals surface area contributed by atoms with Gasteiger partial charge in [0.2, 0.25) is 0 Å². The molecule has 2 heterocycles. The van der Waals surface area contributed by atoms with Crippen LogP contribution in [0.15, 0.2) is 12.1 Å². The topological polar surface area (TPSA) is 67.6 Å². The summed E-state index contributed by atoms with van der Waals surface area (Å²) in [5.74, 6) is 4.89. The van der Waals surface area contributed by atoms with E-state index in [0.717, 1.165) is 31.0 Å². The van der Waals surface area contributed by atoms with Crippen LogP contribution >= 0.6 is 11.3 Å². The second-order valence-corrected chi connectivity index (χ2v) is 6.09. The molecule has 1 amide bonds. The van der Waals surface area contributed by atoms with Gasteiger partial charge in [-0.3, -0.25) is 15.1 Å². The maximum absolute atomic E-state index is 11.4. The second kappa shape index (κ2) is 7.00. The molecular weight excluding hydrogens is 262 g/mol. The third-order valence-corrected chi connectivity index (χ3v) is 4.30. The van der Waals surface area contributed by atoms with Gasteiger partial charge in [0.15, 0.2) is 0 Å². The lowest BCUT2D eigenvalue weighted by Crippen LogP contribution is -2.32. The Morgan fingerprint density at radius 3 is 3.11 bits per heavy atom. The third-order valence-electron chi connectivity index (χ3n) is 3.23. The predicted octanol–water partition coefficient (Wildman–Crippen LogP) is 1.35. The van der Waals surface area contributed by atoms with Crippen molar-refractivity contribution in [3.05, 3.63) is 21.9 Å². The minimum Gasteiger partial charge on any atom is -0.377 e. The number of likely N-dealkylation sites (N-methyl/N-ethyl adjacent to an activating group) is 1. The molecule has 1 fully saturated rings. The van der Waals surface area contributed by atoms with Gasteiger partial charge in [0.25, 0.3) is 5.91 Å². The summed E-state index contributed by atoms with van der Waals surface area (Å²) in [6.45, 7) is 2.66. The van der Waals surface area contributed by atoms with E-state index in [2.05, 4.69) is 17.4 Å². The van der Waals surface area contributed by atoms with Gasteiger partial charge in [0, 0.05) is 24.6 Å². The molecule has 1 aromatic rings. The Hall–Kier alpha value is -0.950. The molecule has 0 radical (unpaired) electrons. The van der Waals surface area contributed by atoms with Crippen molar-refractivity contribution < 1.29 is 9.53 Å². The zero-order valence-electron chi connectivity index (χ0n) is 11.2. The predicted molar refractivity (Wildman–Crippen MR) is 75.9 cm³/mol. The molecule has 0 aromatic carbocycles. The number of carbonyl (C=O) groups is 1. The van der Waals surface area contributed by atoms with E-state index in [0.29, 0.717) is 11.0 Å². The van der Waals surface area contributed by atoms with Crippen LogP contribution in [-0.4, -0.2) is 37.1 Å². The molecule has 3 N–H and O–H groups in total. The normalized spacial score (nSPS) is 19.6. The van der Waals surface area contributed by atoms with Gasteiger partial charge in [0.05, 0.1) is 11.0 Å². The number of thiophene rings is 1. The molecule has 5 nitrogen and oxygen atoms in total. The SMILES string of the molecule is CN(Cc1ccc(C(=O)NN)s1)CC1CCCCO1. The number of nitrogens with zero attached hydrogens (tertiary/aromatic N) is 1. The summed E-state index contributed by atoms with van der Waals surface area (Å²) in [5.41, 5.74) is 2.15. The van der Waals surface area contributed by atoms with Crippen LogP contribution in [0.1, 0.15) is 33.8 Å². The monoisotopic (exact) mass is 283 g/mol. The number of nitrogens with one attached hydrogen (secondary N) is 1. The number of ether oxygens (including phenoxy) is 1. The van der Waals surface area contributed by atoms with Gasteiger partial charge in [-0.05, 0) is 38.4 Å². The van der Waals surface area contributed by atoms with Gasteiger partial charge in [-0.15, -0.1) is 11.3 Å². The standard InChI is InChI=1S/C13H21N3O2S/c1-16(8-10-4-2-3-7-18-10)9-11-5-6-12(19-11)13(17)15-14/h5-6,10H,2-4,7-9,14H2,1H3,(H,15,17). The van der Waals surface area contributed by atoms with Gasteiger partial charge < -0.3 is 4.74 Å². The summed E-state index contributed by atoms with van der Waals surface area (Å²) in [4.78, 5) is 15.4. The molecule has 1 aliphatic heterocycles. The highest BCUT2D eigenvalue weighted by atomic mass is 32.1. The van der Waals surface area contributed by atoms with Crippen molar-refractivity contribution in [2.45, 2.75) is 31.9 Å². The Morgan fingerprint density at radius 2 is 2.42 bits per heavy atom. The highest BCUT2D eigenvalue weighted by molar-refractivity contribution is 7.14. The van der Waals surface area contributed by atoms with E-state index in [9.17, 15) is 4.79 Å². The molecule has 0 saturated carbocycles. The Labute approximate surface area is 117 Å². The van der Waals surface area contributed by atoms with Crippen LogP contribution < -0.4 is 11.3 Å². The number of nitrogens with two attached hydrogens (primary N) is 1. The third kappa shape index (κ3) is 4.28. The lowest BCUT2D eigenvalue weighted by atomic mass is 10.1. The Balaban J connectivity index is 1.82. The lowest BCUT2D eigenvalue weighted by molar-refractivity contribution is -0.00246. The molecule has 1 atom stereocenters. The summed E-state index contributed by atoms with van der Waals surface area (Å²) < 4.78 is 5.73. The van der Waals surface area contributed by atoms with Crippen LogP contribution in [0.3, 0.4) is 0 Å². The van der Waals surface area contributed by atoms with E-state index < -0.39 is 0 Å². The fourth-order valence-corrected chi connectivity index (χ4v) is 3.28. The van der Waals surface area contributed by atoms with Crippen LogP contribution in [-0.2, 0) is 11.3 Å². The van der Waals surface area contributed by atoms with Crippen LogP contribution in [0.2, 0.25) is 0 Å². The largest absolute Gasteiger partial charge is 0.377 e. The minimum absolute atomic E-state index is 0.227. The molecule has 0 bridgehead atoms. The highest BCUT2D eigenvalue weighted by Gasteiger charge is 2.16. The average molecular weight is 283 g/mol. The number of rotatable bonds is 5. The highest BCUT2D eigenvalue weighted by Crippen LogP contribution is 2.19. The van der Waals surface area contributed by atoms with Gasteiger partial charge in [-0.2, -0.15) is 0 Å². The number of amides is 1. The summed E-state index contributed by atoms with van der Waals surface area (Å²) in [7, 11) is 2.08. The molecule has 6 heteroatoms. The number of hydrogen-bond acceptors (Lipinski definition) is 5. The summed E-state index contributed by atoms with van der Waals surface area (Å²) in [6, 6.07) is 3.79. The van der Waals surface area contributed by atoms with Gasteiger partial charge in [0.1, 0.15) is 0 Å². The lowest BCUT2D eigenvalue weighted by Gasteiger charge is -2.27. The smallest absolute Gasteiger partial charge is 0.275 e. The van der Waals surface area contributed by atoms with E-state index in [1.54, 1.807) is 0 Å². The first kappa shape index (κ1) is 14.5. The summed E-state index contributed by atoms with van der Waals surface area (Å²) >= 11 is 1.48. The van der Waals surface area contributed by atoms with E-state index in [1.807, 2.05) is 12.1 Å². The van der Waals surface area contributed by atoms with Crippen LogP contribution in [0, 0.1) is 0 Å². The Morgan fingerprint density at radius 1 is 1.58 bits per heavy atom. The van der Waals surface area contributed by atoms with Crippen LogP contribution in [0.4, 0.5) is 0 Å². The molecule has 1 aromatic heterocycles. The number of nitrogen functional groups attached to an aromatic ring is 1. The summed E-state index contributed by atoms with van der Waals surface area (Å²) in [6.07, 6.45) is 3.95. The first-order valence-electron chi connectivity index (χ1n) is 6.59. The van der Waals surface area contributed by atoms with Gasteiger partial charge >= 0.3 is 0 Å². The molecule has 0 spiro atoms. The fourth-order valence-electron chi connectivity index (χ4n) is 2.29. The molecule has 1 aliphatic rings. The Bertz CT molecular complexity index is 416. The summed E-state index contributed by atoms with van der Waals surface area (Å²) in [5, 5.41) is 0. The molecule has 1 saturated heterocycles. The molecule has 106 valence electrons. The minimum atomic E-state index is -0.227. The van der Waals surface area contributed by atoms with Crippen molar-refractivity contribution in [3.63, 3.8) is 0 Å². The van der Waals surface area contributed by atoms with Crippen molar-refractivity contribution in [1.82, 2.24) is 10.3 Å². The molecule has 19 heavy (non-hydrogen) atoms. The van der Waals surface area contributed by atoms with Crippen LogP contribution in [0.5, 0.6) is 0 Å². The van der Waals surface area contributed by atoms with E-state index in [4.69, 9.17) is 10.6 Å². The molecule has 1 unspecified atom stereocenters. The quantitative estimate of drug-likeness (QED) is 0.486. The van der Waals surface area contributed by atoms with Gasteiger partial charge in [-0.1, -0.05) is 0 Å². The number of carbonyl (C=O) groups excluding carboxylic acids is 1. The first-order valence-corrected chi connectivity index (χ1v) is 7.40. The van der Waals surface area contributed by atoms with E-state index >= 15 is 0 Å². The van der Waals surface area contributed by atoms with Crippen molar-refractivity contribution in [1.29, 1.82) is 0 Å². The zero-order valence-corrected chi connectivity index (χ0v) is 12.0. The van der Waals surface area contributed by atoms with Crippen molar-refractivity contribution in [3.8, 4) is 0 Å². The van der Waals surface area contributed by atoms with E-state index in [1.165, 1.54) is 24.2 Å². The molecule has 0 aliphatic carbocycles. The Kier molecular flexibility index (Phi) is 5.33. The molecular formula is C13H21N3O2S. The van der Waals surface area contributed by atoms with Crippen molar-refractivity contribution in [2.24, 2.45) is 5.84 Å². The van der Waals surface area contributed by atoms with Crippen molar-refractivity contribution >= 4 is 17.2 Å². The van der Waals surface area contributed by atoms with E-state index in [-0.39, 0.29) is 5.91 Å². The number of hydrogen-bond donors (Lipinski definition) is 2. The molecule has 2 rings (SSSR count). The maximum Gasteiger partial charge on any atom is 0.275 e. The second-order valence-electron chi connectivity index (χ2n) is 4.92. The fraction of sp³-hybridized carbons (Fsp3) is 0.615. The zero-order chi connectivity index (χ0) is 13.7. The number of hydrazine groups is 1. The van der Waals surface area contributed by atoms with Crippen LogP contribution in [0.25, 0.3) is 0 Å².